The Bertz CT molecular complexity index is 1140. The molecule has 2 aromatic carbocycles. The Morgan fingerprint density at radius 3 is 2.43 bits per heavy atom. The van der Waals surface area contributed by atoms with Gasteiger partial charge < -0.3 is 5.73 Å². The van der Waals surface area contributed by atoms with Crippen LogP contribution in [0.2, 0.25) is 0 Å². The topological polar surface area (TPSA) is 67.9 Å². The molecule has 0 bridgehead atoms. The van der Waals surface area contributed by atoms with Crippen LogP contribution in [0.15, 0.2) is 79.1 Å². The highest BCUT2D eigenvalue weighted by molar-refractivity contribution is 5.59. The molecule has 0 unspecified atom stereocenters. The summed E-state index contributed by atoms with van der Waals surface area (Å²) in [6, 6.07) is 22.3. The maximum Gasteiger partial charge on any atom is 0.159 e. The maximum absolute atomic E-state index is 5.78. The molecule has 5 heteroatoms. The molecule has 0 radical (unpaired) electrons. The summed E-state index contributed by atoms with van der Waals surface area (Å²) in [5.74, 6) is 0.767. The maximum atomic E-state index is 5.78. The monoisotopic (exact) mass is 393 g/mol. The van der Waals surface area contributed by atoms with Crippen molar-refractivity contribution in [2.24, 2.45) is 0 Å². The predicted molar refractivity (Wildman–Crippen MR) is 119 cm³/mol. The van der Waals surface area contributed by atoms with E-state index < -0.39 is 0 Å². The highest BCUT2D eigenvalue weighted by atomic mass is 15.1. The molecule has 0 fully saturated rings. The normalized spacial score (nSPS) is 13.7. The van der Waals surface area contributed by atoms with Crippen LogP contribution in [0.1, 0.15) is 16.8 Å². The fraction of sp³-hybridized carbons (Fsp3) is 0.160. The summed E-state index contributed by atoms with van der Waals surface area (Å²) in [6.45, 7) is 2.71. The summed E-state index contributed by atoms with van der Waals surface area (Å²) in [5, 5.41) is 0. The number of fused-ring (bicyclic) bond motifs is 1. The van der Waals surface area contributed by atoms with Crippen molar-refractivity contribution >= 4 is 5.69 Å². The van der Waals surface area contributed by atoms with Crippen LogP contribution in [0, 0.1) is 0 Å². The largest absolute Gasteiger partial charge is 0.399 e. The minimum absolute atomic E-state index is 0.749. The van der Waals surface area contributed by atoms with Gasteiger partial charge in [-0.2, -0.15) is 0 Å². The molecular weight excluding hydrogens is 370 g/mol. The Hall–Kier alpha value is -3.57. The molecule has 148 valence electrons. The lowest BCUT2D eigenvalue weighted by Crippen LogP contribution is -2.31. The Morgan fingerprint density at radius 1 is 0.833 bits per heavy atom. The number of nitrogens with zero attached hydrogens (tertiary/aromatic N) is 4. The average Bonchev–Trinajstić information content (AvgIpc) is 2.80. The van der Waals surface area contributed by atoms with Crippen LogP contribution in [-0.2, 0) is 19.5 Å². The first-order valence-corrected chi connectivity index (χ1v) is 10.2. The summed E-state index contributed by atoms with van der Waals surface area (Å²) < 4.78 is 0. The highest BCUT2D eigenvalue weighted by Crippen LogP contribution is 2.23. The van der Waals surface area contributed by atoms with Gasteiger partial charge in [0.25, 0.3) is 0 Å². The average molecular weight is 393 g/mol. The van der Waals surface area contributed by atoms with Gasteiger partial charge in [-0.1, -0.05) is 36.4 Å². The van der Waals surface area contributed by atoms with Gasteiger partial charge in [-0.15, -0.1) is 0 Å². The second-order valence-electron chi connectivity index (χ2n) is 7.67. The molecule has 2 N–H and O–H groups in total. The second-order valence-corrected chi connectivity index (χ2v) is 7.67. The van der Waals surface area contributed by atoms with Crippen molar-refractivity contribution in [3.8, 4) is 22.6 Å². The van der Waals surface area contributed by atoms with Crippen molar-refractivity contribution in [3.63, 3.8) is 0 Å². The third-order valence-electron chi connectivity index (χ3n) is 5.48. The number of hydrogen-bond donors (Lipinski definition) is 1. The molecule has 0 spiro atoms. The van der Waals surface area contributed by atoms with E-state index in [0.717, 1.165) is 60.1 Å². The second kappa shape index (κ2) is 8.05. The number of rotatable bonds is 4. The lowest BCUT2D eigenvalue weighted by molar-refractivity contribution is 0.242. The van der Waals surface area contributed by atoms with Crippen molar-refractivity contribution in [2.45, 2.75) is 19.5 Å². The molecule has 0 saturated carbocycles. The first kappa shape index (κ1) is 18.5. The minimum Gasteiger partial charge on any atom is -0.399 e. The number of nitrogen functional groups attached to an aromatic ring is 1. The number of pyridine rings is 1. The zero-order valence-electron chi connectivity index (χ0n) is 16.7. The van der Waals surface area contributed by atoms with Crippen molar-refractivity contribution in [1.82, 2.24) is 19.9 Å². The summed E-state index contributed by atoms with van der Waals surface area (Å²) in [6.07, 6.45) is 4.88. The van der Waals surface area contributed by atoms with Gasteiger partial charge in [-0.05, 0) is 35.9 Å². The summed E-state index contributed by atoms with van der Waals surface area (Å²) >= 11 is 0. The van der Waals surface area contributed by atoms with Crippen LogP contribution in [0.5, 0.6) is 0 Å². The fourth-order valence-electron chi connectivity index (χ4n) is 3.84. The third-order valence-corrected chi connectivity index (χ3v) is 5.48. The van der Waals surface area contributed by atoms with Gasteiger partial charge in [-0.3, -0.25) is 9.88 Å². The van der Waals surface area contributed by atoms with Crippen LogP contribution in [0.4, 0.5) is 5.69 Å². The van der Waals surface area contributed by atoms with Crippen LogP contribution in [0.25, 0.3) is 22.6 Å². The van der Waals surface area contributed by atoms with Crippen molar-refractivity contribution in [1.29, 1.82) is 0 Å². The predicted octanol–water partition coefficient (Wildman–Crippen LogP) is 4.35. The standard InChI is InChI=1S/C25H23N5/c26-22-9-7-20(8-10-22)25-28-15-21-17-30(13-12-24(21)29-25)16-18-6-11-23(27-14-18)19-4-2-1-3-5-19/h1-11,14-15H,12-13,16-17,26H2. The SMILES string of the molecule is Nc1ccc(-c2ncc3c(n2)CCN(Cc2ccc(-c4ccccc4)nc2)C3)cc1. The Balaban J connectivity index is 1.27. The lowest BCUT2D eigenvalue weighted by atomic mass is 10.1. The van der Waals surface area contributed by atoms with Gasteiger partial charge in [-0.25, -0.2) is 9.97 Å². The molecule has 5 nitrogen and oxygen atoms in total. The first-order chi connectivity index (χ1) is 14.7. The molecule has 30 heavy (non-hydrogen) atoms. The van der Waals surface area contributed by atoms with Gasteiger partial charge in [0.15, 0.2) is 5.82 Å². The molecule has 2 aromatic heterocycles. The first-order valence-electron chi connectivity index (χ1n) is 10.2. The zero-order valence-corrected chi connectivity index (χ0v) is 16.7. The van der Waals surface area contributed by atoms with E-state index >= 15 is 0 Å². The number of hydrogen-bond acceptors (Lipinski definition) is 5. The Kier molecular flexibility index (Phi) is 4.95. The highest BCUT2D eigenvalue weighted by Gasteiger charge is 2.19. The third kappa shape index (κ3) is 3.93. The fourth-order valence-corrected chi connectivity index (χ4v) is 3.84. The molecule has 5 rings (SSSR count). The van der Waals surface area contributed by atoms with Crippen molar-refractivity contribution in [3.05, 3.63) is 95.9 Å². The van der Waals surface area contributed by atoms with Crippen LogP contribution < -0.4 is 5.73 Å². The van der Waals surface area contributed by atoms with Crippen molar-refractivity contribution < 1.29 is 0 Å². The Morgan fingerprint density at radius 2 is 1.67 bits per heavy atom. The zero-order chi connectivity index (χ0) is 20.3. The van der Waals surface area contributed by atoms with Crippen molar-refractivity contribution in [2.75, 3.05) is 12.3 Å². The van der Waals surface area contributed by atoms with Gasteiger partial charge in [0.05, 0.1) is 11.4 Å². The molecule has 0 aliphatic carbocycles. The number of anilines is 1. The molecule has 1 aliphatic rings. The van der Waals surface area contributed by atoms with Gasteiger partial charge in [0.2, 0.25) is 0 Å². The van der Waals surface area contributed by atoms with E-state index in [0.29, 0.717) is 0 Å². The summed E-state index contributed by atoms with van der Waals surface area (Å²) in [4.78, 5) is 16.5. The number of nitrogens with two attached hydrogens (primary N) is 1. The quantitative estimate of drug-likeness (QED) is 0.522. The molecule has 4 aromatic rings. The van der Waals surface area contributed by atoms with E-state index in [1.807, 2.05) is 54.9 Å². The molecule has 0 amide bonds. The number of benzene rings is 2. The smallest absolute Gasteiger partial charge is 0.159 e. The molecule has 1 aliphatic heterocycles. The molecule has 0 saturated heterocycles. The summed E-state index contributed by atoms with van der Waals surface area (Å²) in [7, 11) is 0. The van der Waals surface area contributed by atoms with E-state index in [9.17, 15) is 0 Å². The van der Waals surface area contributed by atoms with E-state index in [2.05, 4.69) is 39.1 Å². The molecule has 3 heterocycles. The van der Waals surface area contributed by atoms with Gasteiger partial charge >= 0.3 is 0 Å². The van der Waals surface area contributed by atoms with Crippen LogP contribution in [-0.4, -0.2) is 26.4 Å². The summed E-state index contributed by atoms with van der Waals surface area (Å²) in [5.41, 5.74) is 13.2. The number of aromatic nitrogens is 3. The Labute approximate surface area is 176 Å². The van der Waals surface area contributed by atoms with Gasteiger partial charge in [0, 0.05) is 60.8 Å². The molecular formula is C25H23N5. The van der Waals surface area contributed by atoms with Crippen LogP contribution in [0.3, 0.4) is 0 Å². The van der Waals surface area contributed by atoms with Gasteiger partial charge in [0.1, 0.15) is 0 Å². The van der Waals surface area contributed by atoms with E-state index in [4.69, 9.17) is 10.7 Å². The minimum atomic E-state index is 0.749. The lowest BCUT2D eigenvalue weighted by Gasteiger charge is -2.28. The van der Waals surface area contributed by atoms with E-state index in [-0.39, 0.29) is 0 Å². The van der Waals surface area contributed by atoms with Crippen LogP contribution >= 0.6 is 0 Å². The van der Waals surface area contributed by atoms with E-state index in [1.165, 1.54) is 11.1 Å². The van der Waals surface area contributed by atoms with E-state index in [1.54, 1.807) is 0 Å². The molecule has 0 atom stereocenters.